The summed E-state index contributed by atoms with van der Waals surface area (Å²) in [6.07, 6.45) is 2.52. The van der Waals surface area contributed by atoms with Gasteiger partial charge in [0.2, 0.25) is 0 Å². The summed E-state index contributed by atoms with van der Waals surface area (Å²) in [4.78, 5) is 0. The Kier molecular flexibility index (Phi) is 2.71. The van der Waals surface area contributed by atoms with Gasteiger partial charge < -0.3 is 5.73 Å². The fourth-order valence-electron chi connectivity index (χ4n) is 0.230. The number of sulfone groups is 1. The summed E-state index contributed by atoms with van der Waals surface area (Å²) in [7, 11) is -2.95. The van der Waals surface area contributed by atoms with Crippen LogP contribution in [-0.2, 0) is 9.84 Å². The minimum atomic E-state index is -2.95. The predicted octanol–water partition coefficient (Wildman–Crippen LogP) is -0.497. The monoisotopic (exact) mass is 135 g/mol. The minimum absolute atomic E-state index is 0.271. The first-order valence-corrected chi connectivity index (χ1v) is 4.08. The third-order valence-corrected chi connectivity index (χ3v) is 1.17. The van der Waals surface area contributed by atoms with E-state index in [4.69, 9.17) is 5.73 Å². The average molecular weight is 135 g/mol. The van der Waals surface area contributed by atoms with Crippen molar-refractivity contribution >= 4 is 9.84 Å². The van der Waals surface area contributed by atoms with Crippen LogP contribution in [0.5, 0.6) is 0 Å². The van der Waals surface area contributed by atoms with Gasteiger partial charge in [0.1, 0.15) is 0 Å². The number of nitrogens with two attached hydrogens (primary N) is 1. The maximum atomic E-state index is 10.2. The van der Waals surface area contributed by atoms with Crippen LogP contribution in [0.1, 0.15) is 0 Å². The maximum absolute atomic E-state index is 10.2. The Hall–Kier alpha value is -0.350. The van der Waals surface area contributed by atoms with Gasteiger partial charge >= 0.3 is 0 Å². The molecule has 0 aliphatic rings. The standard InChI is InChI=1S/C4H9NO2S/c1-8(6,7)4-2-3-5/h2,4H,3,5H2,1H3. The molecule has 4 heteroatoms. The fourth-order valence-corrected chi connectivity index (χ4v) is 0.691. The van der Waals surface area contributed by atoms with E-state index in [1.165, 1.54) is 6.08 Å². The zero-order valence-electron chi connectivity index (χ0n) is 4.66. The van der Waals surface area contributed by atoms with E-state index in [2.05, 4.69) is 0 Å². The van der Waals surface area contributed by atoms with Gasteiger partial charge in [-0.25, -0.2) is 8.42 Å². The molecule has 3 nitrogen and oxygen atoms in total. The quantitative estimate of drug-likeness (QED) is 0.555. The predicted molar refractivity (Wildman–Crippen MR) is 33.0 cm³/mol. The van der Waals surface area contributed by atoms with Gasteiger partial charge in [-0.3, -0.25) is 0 Å². The van der Waals surface area contributed by atoms with Crippen LogP contribution in [-0.4, -0.2) is 21.2 Å². The van der Waals surface area contributed by atoms with Crippen molar-refractivity contribution in [2.75, 3.05) is 12.8 Å². The smallest absolute Gasteiger partial charge is 0.168 e. The first-order chi connectivity index (χ1) is 3.56. The van der Waals surface area contributed by atoms with E-state index in [1.54, 1.807) is 0 Å². The Labute approximate surface area is 49.1 Å². The van der Waals surface area contributed by atoms with Crippen LogP contribution >= 0.6 is 0 Å². The van der Waals surface area contributed by atoms with Gasteiger partial charge in [-0.15, -0.1) is 0 Å². The molecular formula is C4H9NO2S. The second-order valence-corrected chi connectivity index (χ2v) is 3.37. The van der Waals surface area contributed by atoms with Crippen LogP contribution in [0.15, 0.2) is 11.5 Å². The van der Waals surface area contributed by atoms with Crippen molar-refractivity contribution < 1.29 is 8.42 Å². The average Bonchev–Trinajstić information content (AvgIpc) is 1.59. The van der Waals surface area contributed by atoms with Gasteiger partial charge in [0, 0.05) is 18.2 Å². The highest BCUT2D eigenvalue weighted by atomic mass is 32.2. The summed E-state index contributed by atoms with van der Waals surface area (Å²) >= 11 is 0. The molecule has 0 atom stereocenters. The molecule has 0 aliphatic heterocycles. The molecule has 0 saturated carbocycles. The van der Waals surface area contributed by atoms with Crippen molar-refractivity contribution in [1.29, 1.82) is 0 Å². The zero-order chi connectivity index (χ0) is 6.62. The summed E-state index contributed by atoms with van der Waals surface area (Å²) in [6, 6.07) is 0. The van der Waals surface area contributed by atoms with Gasteiger partial charge in [-0.2, -0.15) is 0 Å². The first-order valence-electron chi connectivity index (χ1n) is 2.13. The Morgan fingerprint density at radius 3 is 2.25 bits per heavy atom. The molecule has 0 bridgehead atoms. The highest BCUT2D eigenvalue weighted by Crippen LogP contribution is 1.81. The topological polar surface area (TPSA) is 60.2 Å². The molecular weight excluding hydrogens is 126 g/mol. The number of rotatable bonds is 2. The van der Waals surface area contributed by atoms with Gasteiger partial charge in [0.05, 0.1) is 0 Å². The minimum Gasteiger partial charge on any atom is -0.327 e. The summed E-state index contributed by atoms with van der Waals surface area (Å²) in [5.41, 5.74) is 4.98. The van der Waals surface area contributed by atoms with Crippen molar-refractivity contribution in [2.45, 2.75) is 0 Å². The molecule has 0 rings (SSSR count). The molecule has 0 fully saturated rings. The Morgan fingerprint density at radius 1 is 1.62 bits per heavy atom. The van der Waals surface area contributed by atoms with Crippen molar-refractivity contribution in [3.05, 3.63) is 11.5 Å². The third kappa shape index (κ3) is 5.65. The molecule has 2 N–H and O–H groups in total. The third-order valence-electron chi connectivity index (χ3n) is 0.480. The van der Waals surface area contributed by atoms with E-state index >= 15 is 0 Å². The van der Waals surface area contributed by atoms with Crippen LogP contribution in [0.2, 0.25) is 0 Å². The van der Waals surface area contributed by atoms with E-state index in [-0.39, 0.29) is 6.54 Å². The van der Waals surface area contributed by atoms with E-state index < -0.39 is 9.84 Å². The highest BCUT2D eigenvalue weighted by Gasteiger charge is 1.88. The van der Waals surface area contributed by atoms with Crippen LogP contribution in [0.4, 0.5) is 0 Å². The highest BCUT2D eigenvalue weighted by molar-refractivity contribution is 7.93. The Balaban J connectivity index is 3.92. The summed E-state index contributed by atoms with van der Waals surface area (Å²) in [5.74, 6) is 0. The Morgan fingerprint density at radius 2 is 2.12 bits per heavy atom. The van der Waals surface area contributed by atoms with Gasteiger partial charge in [0.15, 0.2) is 9.84 Å². The Bertz CT molecular complexity index is 168. The lowest BCUT2D eigenvalue weighted by atomic mass is 10.7. The van der Waals surface area contributed by atoms with E-state index in [1.807, 2.05) is 0 Å². The van der Waals surface area contributed by atoms with Crippen LogP contribution in [0.3, 0.4) is 0 Å². The summed E-state index contributed by atoms with van der Waals surface area (Å²) in [5, 5.41) is 1.09. The number of hydrogen-bond acceptors (Lipinski definition) is 3. The second kappa shape index (κ2) is 2.84. The molecule has 0 radical (unpaired) electrons. The van der Waals surface area contributed by atoms with Crippen LogP contribution in [0.25, 0.3) is 0 Å². The van der Waals surface area contributed by atoms with Crippen molar-refractivity contribution in [1.82, 2.24) is 0 Å². The lowest BCUT2D eigenvalue weighted by Gasteiger charge is -1.80. The zero-order valence-corrected chi connectivity index (χ0v) is 5.48. The molecule has 0 aromatic rings. The molecule has 0 heterocycles. The van der Waals surface area contributed by atoms with Gasteiger partial charge in [-0.1, -0.05) is 6.08 Å². The van der Waals surface area contributed by atoms with Gasteiger partial charge in [0.25, 0.3) is 0 Å². The molecule has 0 aliphatic carbocycles. The number of hydrogen-bond donors (Lipinski definition) is 1. The lowest BCUT2D eigenvalue weighted by molar-refractivity contribution is 0.610. The fraction of sp³-hybridized carbons (Fsp3) is 0.500. The largest absolute Gasteiger partial charge is 0.327 e. The summed E-state index contributed by atoms with van der Waals surface area (Å²) < 4.78 is 20.5. The van der Waals surface area contributed by atoms with Gasteiger partial charge in [-0.05, 0) is 0 Å². The van der Waals surface area contributed by atoms with Crippen molar-refractivity contribution in [2.24, 2.45) is 5.73 Å². The normalized spacial score (nSPS) is 12.8. The molecule has 48 valence electrons. The molecule has 8 heavy (non-hydrogen) atoms. The molecule has 0 saturated heterocycles. The molecule has 0 aromatic carbocycles. The second-order valence-electron chi connectivity index (χ2n) is 1.44. The molecule has 0 unspecified atom stereocenters. The van der Waals surface area contributed by atoms with E-state index in [0.717, 1.165) is 11.7 Å². The summed E-state index contributed by atoms with van der Waals surface area (Å²) in [6.45, 7) is 0.271. The maximum Gasteiger partial charge on any atom is 0.168 e. The van der Waals surface area contributed by atoms with Crippen LogP contribution in [0, 0.1) is 0 Å². The van der Waals surface area contributed by atoms with Crippen LogP contribution < -0.4 is 5.73 Å². The van der Waals surface area contributed by atoms with Crippen molar-refractivity contribution in [3.63, 3.8) is 0 Å². The molecule has 0 amide bonds. The first kappa shape index (κ1) is 7.65. The lowest BCUT2D eigenvalue weighted by Crippen LogP contribution is -1.95. The molecule has 0 spiro atoms. The van der Waals surface area contributed by atoms with Crippen molar-refractivity contribution in [3.8, 4) is 0 Å². The SMILES string of the molecule is CS(=O)(=O)C=CCN. The molecule has 0 aromatic heterocycles. The van der Waals surface area contributed by atoms with E-state index in [9.17, 15) is 8.42 Å². The van der Waals surface area contributed by atoms with E-state index in [0.29, 0.717) is 0 Å².